The van der Waals surface area contributed by atoms with E-state index in [0.717, 1.165) is 0 Å². The summed E-state index contributed by atoms with van der Waals surface area (Å²) < 4.78 is 21.4. The van der Waals surface area contributed by atoms with Gasteiger partial charge in [-0.25, -0.2) is 18.4 Å². The molecule has 0 heterocycles. The molecule has 0 fully saturated rings. The summed E-state index contributed by atoms with van der Waals surface area (Å²) in [4.78, 5) is 23.8. The third-order valence-corrected chi connectivity index (χ3v) is 3.32. The van der Waals surface area contributed by atoms with Crippen molar-refractivity contribution < 1.29 is 23.1 Å². The molecule has 0 aliphatic carbocycles. The van der Waals surface area contributed by atoms with Gasteiger partial charge in [0.1, 0.15) is 0 Å². The summed E-state index contributed by atoms with van der Waals surface area (Å²) in [6.45, 7) is 3.90. The molecule has 0 aliphatic rings. The van der Waals surface area contributed by atoms with Crippen molar-refractivity contribution in [3.63, 3.8) is 0 Å². The number of urea groups is 1. The van der Waals surface area contributed by atoms with Crippen LogP contribution in [0.15, 0.2) is 0 Å². The van der Waals surface area contributed by atoms with Crippen molar-refractivity contribution in [1.29, 1.82) is 0 Å². The van der Waals surface area contributed by atoms with Crippen LogP contribution >= 0.6 is 0 Å². The van der Waals surface area contributed by atoms with Crippen molar-refractivity contribution in [2.75, 3.05) is 25.4 Å². The first-order valence-corrected chi connectivity index (χ1v) is 7.65. The Morgan fingerprint density at radius 1 is 1.42 bits per heavy atom. The Labute approximate surface area is 113 Å². The van der Waals surface area contributed by atoms with E-state index in [1.54, 1.807) is 6.92 Å². The number of hydrogen-bond acceptors (Lipinski definition) is 4. The van der Waals surface area contributed by atoms with Gasteiger partial charge in [0, 0.05) is 19.6 Å². The number of carboxylic acids is 1. The molecule has 0 bridgehead atoms. The van der Waals surface area contributed by atoms with E-state index in [1.807, 2.05) is 0 Å². The molecule has 8 nitrogen and oxygen atoms in total. The third kappa shape index (κ3) is 8.38. The zero-order valence-electron chi connectivity index (χ0n) is 11.1. The maximum absolute atomic E-state index is 11.7. The molecule has 0 radical (unpaired) electrons. The van der Waals surface area contributed by atoms with Crippen LogP contribution in [0.4, 0.5) is 4.79 Å². The largest absolute Gasteiger partial charge is 0.481 e. The lowest BCUT2D eigenvalue weighted by molar-refractivity contribution is -0.141. The smallest absolute Gasteiger partial charge is 0.317 e. The Morgan fingerprint density at radius 2 is 2.00 bits per heavy atom. The monoisotopic (exact) mass is 295 g/mol. The molecule has 0 aliphatic heterocycles. The number of rotatable bonds is 8. The summed E-state index contributed by atoms with van der Waals surface area (Å²) >= 11 is 0. The molecule has 0 aromatic carbocycles. The highest BCUT2D eigenvalue weighted by molar-refractivity contribution is 7.89. The maximum atomic E-state index is 11.7. The summed E-state index contributed by atoms with van der Waals surface area (Å²) in [5.41, 5.74) is 0. The highest BCUT2D eigenvalue weighted by Crippen LogP contribution is 2.00. The highest BCUT2D eigenvalue weighted by Gasteiger charge is 2.18. The van der Waals surface area contributed by atoms with Crippen molar-refractivity contribution in [2.45, 2.75) is 20.3 Å². The molecule has 1 atom stereocenters. The minimum atomic E-state index is -3.52. The molecule has 2 amide bonds. The van der Waals surface area contributed by atoms with Gasteiger partial charge in [-0.2, -0.15) is 0 Å². The topological polar surface area (TPSA) is 130 Å². The van der Waals surface area contributed by atoms with E-state index >= 15 is 0 Å². The summed E-state index contributed by atoms with van der Waals surface area (Å²) in [6.07, 6.45) is 0.219. The van der Waals surface area contributed by atoms with Crippen molar-refractivity contribution in [2.24, 2.45) is 11.1 Å². The average Bonchev–Trinajstić information content (AvgIpc) is 2.29. The predicted molar refractivity (Wildman–Crippen MR) is 70.0 cm³/mol. The number of amides is 2. The first-order chi connectivity index (χ1) is 8.67. The molecule has 0 aromatic rings. The molecular formula is C10H21N3O5S. The first kappa shape index (κ1) is 17.6. The number of hydrogen-bond donors (Lipinski definition) is 3. The van der Waals surface area contributed by atoms with Gasteiger partial charge in [-0.15, -0.1) is 0 Å². The molecule has 0 aromatic heterocycles. The Balaban J connectivity index is 4.12. The van der Waals surface area contributed by atoms with Crippen LogP contribution in [0, 0.1) is 5.92 Å². The first-order valence-electron chi connectivity index (χ1n) is 5.93. The second kappa shape index (κ2) is 7.95. The van der Waals surface area contributed by atoms with Crippen molar-refractivity contribution in [3.05, 3.63) is 0 Å². The fraction of sp³-hybridized carbons (Fsp3) is 0.800. The lowest BCUT2D eigenvalue weighted by Gasteiger charge is -2.23. The molecule has 0 saturated carbocycles. The lowest BCUT2D eigenvalue weighted by Crippen LogP contribution is -2.43. The number of nitrogens with zero attached hydrogens (tertiary/aromatic N) is 1. The van der Waals surface area contributed by atoms with Gasteiger partial charge in [-0.05, 0) is 13.3 Å². The quantitative estimate of drug-likeness (QED) is 0.516. The van der Waals surface area contributed by atoms with Crippen molar-refractivity contribution in [1.82, 2.24) is 10.2 Å². The Morgan fingerprint density at radius 3 is 2.42 bits per heavy atom. The van der Waals surface area contributed by atoms with Crippen LogP contribution in [0.25, 0.3) is 0 Å². The number of sulfonamides is 1. The van der Waals surface area contributed by atoms with Crippen LogP contribution in [0.1, 0.15) is 20.3 Å². The Bertz CT molecular complexity index is 409. The van der Waals surface area contributed by atoms with E-state index in [4.69, 9.17) is 10.2 Å². The molecule has 0 spiro atoms. The maximum Gasteiger partial charge on any atom is 0.317 e. The molecule has 0 rings (SSSR count). The van der Waals surface area contributed by atoms with Gasteiger partial charge >= 0.3 is 12.0 Å². The number of carbonyl (C=O) groups excluding carboxylic acids is 1. The van der Waals surface area contributed by atoms with Crippen LogP contribution in [0.2, 0.25) is 0 Å². The van der Waals surface area contributed by atoms with Gasteiger partial charge in [-0.1, -0.05) is 6.92 Å². The van der Waals surface area contributed by atoms with Gasteiger partial charge in [0.2, 0.25) is 10.0 Å². The second-order valence-corrected chi connectivity index (χ2v) is 5.96. The molecular weight excluding hydrogens is 274 g/mol. The number of nitrogens with one attached hydrogen (secondary N) is 1. The number of nitrogens with two attached hydrogens (primary N) is 1. The lowest BCUT2D eigenvalue weighted by atomic mass is 10.2. The summed E-state index contributed by atoms with van der Waals surface area (Å²) in [5, 5.41) is 16.1. The van der Waals surface area contributed by atoms with Crippen LogP contribution in [-0.2, 0) is 14.8 Å². The molecule has 112 valence electrons. The van der Waals surface area contributed by atoms with Crippen molar-refractivity contribution in [3.8, 4) is 0 Å². The molecule has 4 N–H and O–H groups in total. The number of primary sulfonamides is 1. The Kier molecular flexibility index (Phi) is 7.38. The van der Waals surface area contributed by atoms with Gasteiger partial charge in [-0.3, -0.25) is 4.79 Å². The molecule has 9 heteroatoms. The normalized spacial score (nSPS) is 12.8. The van der Waals surface area contributed by atoms with E-state index in [2.05, 4.69) is 5.32 Å². The van der Waals surface area contributed by atoms with Crippen LogP contribution in [0.5, 0.6) is 0 Å². The number of carbonyl (C=O) groups is 2. The average molecular weight is 295 g/mol. The molecule has 0 saturated heterocycles. The predicted octanol–water partition coefficient (Wildman–Crippen LogP) is -0.583. The van der Waals surface area contributed by atoms with Crippen LogP contribution < -0.4 is 10.5 Å². The zero-order chi connectivity index (χ0) is 15.1. The fourth-order valence-electron chi connectivity index (χ4n) is 1.34. The van der Waals surface area contributed by atoms with Gasteiger partial charge in [0.15, 0.2) is 0 Å². The van der Waals surface area contributed by atoms with Crippen LogP contribution in [-0.4, -0.2) is 55.8 Å². The Hall–Kier alpha value is -1.35. The zero-order valence-corrected chi connectivity index (χ0v) is 11.9. The third-order valence-electron chi connectivity index (χ3n) is 2.47. The van der Waals surface area contributed by atoms with Gasteiger partial charge < -0.3 is 15.3 Å². The fourth-order valence-corrected chi connectivity index (χ4v) is 1.89. The van der Waals surface area contributed by atoms with Crippen molar-refractivity contribution >= 4 is 22.0 Å². The van der Waals surface area contributed by atoms with Gasteiger partial charge in [0.25, 0.3) is 0 Å². The second-order valence-electron chi connectivity index (χ2n) is 4.23. The number of carboxylic acid groups (broad SMARTS) is 1. The van der Waals surface area contributed by atoms with E-state index in [0.29, 0.717) is 6.54 Å². The summed E-state index contributed by atoms with van der Waals surface area (Å²) in [7, 11) is -3.52. The van der Waals surface area contributed by atoms with Gasteiger partial charge in [0.05, 0.1) is 11.7 Å². The highest BCUT2D eigenvalue weighted by atomic mass is 32.2. The minimum Gasteiger partial charge on any atom is -0.481 e. The van der Waals surface area contributed by atoms with E-state index < -0.39 is 27.9 Å². The van der Waals surface area contributed by atoms with E-state index in [-0.39, 0.29) is 25.3 Å². The van der Waals surface area contributed by atoms with E-state index in [1.165, 1.54) is 11.8 Å². The van der Waals surface area contributed by atoms with Crippen LogP contribution in [0.3, 0.4) is 0 Å². The minimum absolute atomic E-state index is 0.104. The number of aliphatic carboxylic acids is 1. The summed E-state index contributed by atoms with van der Waals surface area (Å²) in [6, 6.07) is -0.412. The molecule has 1 unspecified atom stereocenters. The standard InChI is InChI=1S/C10H21N3O5S/c1-3-13(7-8(2)9(14)15)10(16)12-5-4-6-19(11,17)18/h8H,3-7H2,1-2H3,(H,12,16)(H,14,15)(H2,11,17,18). The van der Waals surface area contributed by atoms with E-state index in [9.17, 15) is 18.0 Å². The summed E-state index contributed by atoms with van der Waals surface area (Å²) in [5.74, 6) is -1.83. The molecule has 19 heavy (non-hydrogen) atoms. The SMILES string of the molecule is CCN(CC(C)C(=O)O)C(=O)NCCCS(N)(=O)=O.